The Morgan fingerprint density at radius 3 is 2.52 bits per heavy atom. The number of nitrogens with one attached hydrogen (secondary N) is 2. The molecule has 0 bridgehead atoms. The second-order valence-corrected chi connectivity index (χ2v) is 7.38. The second kappa shape index (κ2) is 8.34. The predicted octanol–water partition coefficient (Wildman–Crippen LogP) is 3.70. The first kappa shape index (κ1) is 19.2. The van der Waals surface area contributed by atoms with Crippen molar-refractivity contribution in [1.29, 1.82) is 0 Å². The van der Waals surface area contributed by atoms with Crippen molar-refractivity contribution in [3.05, 3.63) is 24.3 Å². The van der Waals surface area contributed by atoms with Crippen LogP contribution in [0.4, 0.5) is 16.2 Å². The number of anilines is 2. The second-order valence-electron chi connectivity index (χ2n) is 7.38. The molecule has 1 saturated heterocycles. The van der Waals surface area contributed by atoms with Gasteiger partial charge in [0.05, 0.1) is 0 Å². The first-order valence-electron chi connectivity index (χ1n) is 8.80. The van der Waals surface area contributed by atoms with Crippen LogP contribution in [0.2, 0.25) is 0 Å². The van der Waals surface area contributed by atoms with Crippen molar-refractivity contribution < 1.29 is 14.3 Å². The molecule has 1 fully saturated rings. The topological polar surface area (TPSA) is 70.7 Å². The van der Waals surface area contributed by atoms with Gasteiger partial charge < -0.3 is 20.3 Å². The van der Waals surface area contributed by atoms with Crippen LogP contribution in [0.5, 0.6) is 0 Å². The van der Waals surface area contributed by atoms with E-state index in [2.05, 4.69) is 24.5 Å². The van der Waals surface area contributed by atoms with E-state index in [9.17, 15) is 9.59 Å². The third kappa shape index (κ3) is 5.74. The summed E-state index contributed by atoms with van der Waals surface area (Å²) >= 11 is 0. The normalized spacial score (nSPS) is 18.2. The largest absolute Gasteiger partial charge is 0.372 e. The van der Waals surface area contributed by atoms with Gasteiger partial charge in [-0.3, -0.25) is 4.79 Å². The lowest BCUT2D eigenvalue weighted by Crippen LogP contribution is -2.36. The fourth-order valence-electron chi connectivity index (χ4n) is 2.85. The molecule has 2 rings (SSSR count). The number of ether oxygens (including phenoxy) is 1. The number of carbonyl (C=O) groups is 2. The van der Waals surface area contributed by atoms with Gasteiger partial charge >= 0.3 is 6.03 Å². The number of benzene rings is 1. The predicted molar refractivity (Wildman–Crippen MR) is 99.8 cm³/mol. The van der Waals surface area contributed by atoms with E-state index in [0.717, 1.165) is 32.4 Å². The van der Waals surface area contributed by atoms with Crippen molar-refractivity contribution in [2.75, 3.05) is 30.8 Å². The van der Waals surface area contributed by atoms with Gasteiger partial charge in [0.15, 0.2) is 0 Å². The van der Waals surface area contributed by atoms with E-state index in [1.165, 1.54) is 7.11 Å². The summed E-state index contributed by atoms with van der Waals surface area (Å²) in [4.78, 5) is 26.3. The van der Waals surface area contributed by atoms with Crippen LogP contribution in [-0.4, -0.2) is 43.1 Å². The van der Waals surface area contributed by atoms with Crippen LogP contribution in [-0.2, 0) is 9.53 Å². The summed E-state index contributed by atoms with van der Waals surface area (Å²) in [5, 5.41) is 5.71. The highest BCUT2D eigenvalue weighted by Gasteiger charge is 2.25. The maximum absolute atomic E-state index is 12.5. The Morgan fingerprint density at radius 1 is 1.16 bits per heavy atom. The van der Waals surface area contributed by atoms with Gasteiger partial charge in [-0.2, -0.15) is 0 Å². The van der Waals surface area contributed by atoms with Gasteiger partial charge in [0.1, 0.15) is 6.10 Å². The molecule has 0 spiro atoms. The zero-order valence-electron chi connectivity index (χ0n) is 15.6. The minimum Gasteiger partial charge on any atom is -0.372 e. The molecule has 1 atom stereocenters. The molecule has 0 aromatic heterocycles. The Hall–Kier alpha value is -2.08. The Bertz CT molecular complexity index is 616. The Labute approximate surface area is 149 Å². The number of methoxy groups -OCH3 is 1. The van der Waals surface area contributed by atoms with Crippen LogP contribution in [0.25, 0.3) is 0 Å². The summed E-state index contributed by atoms with van der Waals surface area (Å²) in [5.41, 5.74) is 1.58. The lowest BCUT2D eigenvalue weighted by molar-refractivity contribution is -0.124. The molecule has 1 aromatic carbocycles. The molecule has 0 unspecified atom stereocenters. The third-order valence-corrected chi connectivity index (χ3v) is 4.73. The van der Waals surface area contributed by atoms with E-state index >= 15 is 0 Å². The van der Waals surface area contributed by atoms with Gasteiger partial charge in [0, 0.05) is 31.6 Å². The number of urea groups is 1. The molecule has 0 saturated carbocycles. The molecule has 138 valence electrons. The van der Waals surface area contributed by atoms with E-state index < -0.39 is 6.10 Å². The number of carbonyl (C=O) groups excluding carboxylic acids is 2. The smallest absolute Gasteiger partial charge is 0.321 e. The van der Waals surface area contributed by atoms with Crippen LogP contribution in [0, 0.1) is 5.41 Å². The molecule has 1 aliphatic rings. The SMILES string of the molecule is CO[C@H](C)C(=O)Nc1cccc(NC(=O)N2CCCC(C)(C)CC2)c1. The van der Waals surface area contributed by atoms with Crippen molar-refractivity contribution in [2.24, 2.45) is 5.41 Å². The summed E-state index contributed by atoms with van der Waals surface area (Å²) in [6.07, 6.45) is 2.63. The zero-order valence-corrected chi connectivity index (χ0v) is 15.6. The zero-order chi connectivity index (χ0) is 18.4. The Kier molecular flexibility index (Phi) is 6.42. The van der Waals surface area contributed by atoms with Gasteiger partial charge in [-0.25, -0.2) is 4.79 Å². The fourth-order valence-corrected chi connectivity index (χ4v) is 2.85. The quantitative estimate of drug-likeness (QED) is 0.872. The van der Waals surface area contributed by atoms with E-state index in [-0.39, 0.29) is 17.4 Å². The van der Waals surface area contributed by atoms with Crippen LogP contribution in [0.1, 0.15) is 40.0 Å². The number of likely N-dealkylation sites (tertiary alicyclic amines) is 1. The van der Waals surface area contributed by atoms with Gasteiger partial charge in [-0.05, 0) is 49.8 Å². The number of hydrogen-bond acceptors (Lipinski definition) is 3. The van der Waals surface area contributed by atoms with E-state index in [1.54, 1.807) is 25.1 Å². The number of nitrogens with zero attached hydrogens (tertiary/aromatic N) is 1. The molecular weight excluding hydrogens is 318 g/mol. The summed E-state index contributed by atoms with van der Waals surface area (Å²) in [6, 6.07) is 7.06. The standard InChI is InChI=1S/C19H29N3O3/c1-14(25-4)17(23)20-15-7-5-8-16(13-15)21-18(24)22-11-6-9-19(2,3)10-12-22/h5,7-8,13-14H,6,9-12H2,1-4H3,(H,20,23)(H,21,24)/t14-/m1/s1. The molecule has 6 nitrogen and oxygen atoms in total. The maximum Gasteiger partial charge on any atom is 0.321 e. The molecule has 0 aliphatic carbocycles. The molecule has 25 heavy (non-hydrogen) atoms. The van der Waals surface area contributed by atoms with Crippen molar-refractivity contribution in [1.82, 2.24) is 4.90 Å². The number of rotatable bonds is 4. The van der Waals surface area contributed by atoms with Gasteiger partial charge in [0.25, 0.3) is 5.91 Å². The number of amides is 3. The van der Waals surface area contributed by atoms with Crippen molar-refractivity contribution in [2.45, 2.75) is 46.1 Å². The van der Waals surface area contributed by atoms with Crippen molar-refractivity contribution in [3.63, 3.8) is 0 Å². The Morgan fingerprint density at radius 2 is 1.84 bits per heavy atom. The summed E-state index contributed by atoms with van der Waals surface area (Å²) in [5.74, 6) is -0.222. The van der Waals surface area contributed by atoms with E-state index in [1.807, 2.05) is 11.0 Å². The van der Waals surface area contributed by atoms with E-state index in [4.69, 9.17) is 4.74 Å². The molecular formula is C19H29N3O3. The van der Waals surface area contributed by atoms with Crippen LogP contribution in [0.3, 0.4) is 0 Å². The minimum atomic E-state index is -0.529. The van der Waals surface area contributed by atoms with Gasteiger partial charge in [0.2, 0.25) is 0 Å². The maximum atomic E-state index is 12.5. The van der Waals surface area contributed by atoms with E-state index in [0.29, 0.717) is 11.4 Å². The van der Waals surface area contributed by atoms with Crippen LogP contribution >= 0.6 is 0 Å². The fraction of sp³-hybridized carbons (Fsp3) is 0.579. The molecule has 6 heteroatoms. The van der Waals surface area contributed by atoms with Gasteiger partial charge in [-0.15, -0.1) is 0 Å². The highest BCUT2D eigenvalue weighted by molar-refractivity contribution is 5.95. The molecule has 1 heterocycles. The molecule has 0 radical (unpaired) electrons. The number of hydrogen-bond donors (Lipinski definition) is 2. The average Bonchev–Trinajstić information content (AvgIpc) is 2.75. The molecule has 2 N–H and O–H groups in total. The van der Waals surface area contributed by atoms with Crippen molar-refractivity contribution >= 4 is 23.3 Å². The Balaban J connectivity index is 1.97. The third-order valence-electron chi connectivity index (χ3n) is 4.73. The summed E-state index contributed by atoms with van der Waals surface area (Å²) < 4.78 is 5.00. The van der Waals surface area contributed by atoms with Gasteiger partial charge in [-0.1, -0.05) is 19.9 Å². The highest BCUT2D eigenvalue weighted by atomic mass is 16.5. The molecule has 3 amide bonds. The lowest BCUT2D eigenvalue weighted by atomic mass is 9.85. The summed E-state index contributed by atoms with van der Waals surface area (Å²) in [6.45, 7) is 7.72. The first-order chi connectivity index (χ1) is 11.8. The first-order valence-corrected chi connectivity index (χ1v) is 8.80. The molecule has 1 aliphatic heterocycles. The highest BCUT2D eigenvalue weighted by Crippen LogP contribution is 2.30. The van der Waals surface area contributed by atoms with Crippen LogP contribution in [0.15, 0.2) is 24.3 Å². The van der Waals surface area contributed by atoms with Crippen LogP contribution < -0.4 is 10.6 Å². The monoisotopic (exact) mass is 347 g/mol. The lowest BCUT2D eigenvalue weighted by Gasteiger charge is -2.23. The van der Waals surface area contributed by atoms with Crippen molar-refractivity contribution in [3.8, 4) is 0 Å². The minimum absolute atomic E-state index is 0.0913. The average molecular weight is 347 g/mol. The molecule has 1 aromatic rings. The summed E-state index contributed by atoms with van der Waals surface area (Å²) in [7, 11) is 1.49.